The predicted octanol–water partition coefficient (Wildman–Crippen LogP) is 4.21. The van der Waals surface area contributed by atoms with Gasteiger partial charge < -0.3 is 15.8 Å². The molecule has 0 aliphatic heterocycles. The normalized spacial score (nSPS) is 10.9. The molecule has 0 radical (unpaired) electrons. The third kappa shape index (κ3) is 6.35. The zero-order valence-electron chi connectivity index (χ0n) is 16.2. The quantitative estimate of drug-likeness (QED) is 0.638. The number of carbonyl (C=O) groups excluding carboxylic acids is 1. The van der Waals surface area contributed by atoms with Crippen molar-refractivity contribution in [2.45, 2.75) is 46.4 Å². The molecule has 0 aliphatic carbocycles. The first kappa shape index (κ1) is 23.2. The lowest BCUT2D eigenvalue weighted by Gasteiger charge is -2.28. The van der Waals surface area contributed by atoms with E-state index in [2.05, 4.69) is 5.32 Å². The lowest BCUT2D eigenvalue weighted by Crippen LogP contribution is -2.45. The molecular formula is C22H31ClN2O2. The molecular weight excluding hydrogens is 360 g/mol. The van der Waals surface area contributed by atoms with Gasteiger partial charge in [-0.2, -0.15) is 0 Å². The first-order valence-corrected chi connectivity index (χ1v) is 9.32. The van der Waals surface area contributed by atoms with Crippen LogP contribution in [-0.2, 0) is 29.3 Å². The van der Waals surface area contributed by atoms with Crippen molar-refractivity contribution in [2.24, 2.45) is 11.1 Å². The fraction of sp³-hybridized carbons (Fsp3) is 0.409. The van der Waals surface area contributed by atoms with E-state index in [1.165, 1.54) is 0 Å². The third-order valence-electron chi connectivity index (χ3n) is 5.15. The highest BCUT2D eigenvalue weighted by molar-refractivity contribution is 5.85. The van der Waals surface area contributed by atoms with Crippen LogP contribution in [0.3, 0.4) is 0 Å². The van der Waals surface area contributed by atoms with Gasteiger partial charge in [0.1, 0.15) is 0 Å². The number of ether oxygens (including phenoxy) is 1. The second-order valence-electron chi connectivity index (χ2n) is 6.62. The lowest BCUT2D eigenvalue weighted by molar-refractivity contribution is -0.131. The van der Waals surface area contributed by atoms with Crippen LogP contribution in [0.1, 0.15) is 43.4 Å². The van der Waals surface area contributed by atoms with Gasteiger partial charge in [0.2, 0.25) is 5.91 Å². The minimum Gasteiger partial charge on any atom is -0.372 e. The summed E-state index contributed by atoms with van der Waals surface area (Å²) in [4.78, 5) is 12.6. The topological polar surface area (TPSA) is 64.4 Å². The van der Waals surface area contributed by atoms with Crippen LogP contribution in [0.4, 0.5) is 0 Å². The molecule has 0 aliphatic rings. The summed E-state index contributed by atoms with van der Waals surface area (Å²) in [5.74, 6) is 0.0324. The average molecular weight is 391 g/mol. The molecule has 0 saturated heterocycles. The van der Waals surface area contributed by atoms with Gasteiger partial charge in [-0.1, -0.05) is 68.4 Å². The van der Waals surface area contributed by atoms with E-state index in [0.29, 0.717) is 26.3 Å². The van der Waals surface area contributed by atoms with Crippen molar-refractivity contribution in [1.29, 1.82) is 0 Å². The molecule has 0 heterocycles. The molecule has 4 nitrogen and oxygen atoms in total. The summed E-state index contributed by atoms with van der Waals surface area (Å²) in [6.45, 7) is 5.98. The van der Waals surface area contributed by atoms with Crippen molar-refractivity contribution in [3.63, 3.8) is 0 Å². The van der Waals surface area contributed by atoms with E-state index in [-0.39, 0.29) is 18.3 Å². The first-order chi connectivity index (χ1) is 12.6. The summed E-state index contributed by atoms with van der Waals surface area (Å²) in [5.41, 5.74) is 8.71. The highest BCUT2D eigenvalue weighted by Crippen LogP contribution is 2.25. The Morgan fingerprint density at radius 3 is 2.15 bits per heavy atom. The number of hydrogen-bond donors (Lipinski definition) is 2. The smallest absolute Gasteiger partial charge is 0.227 e. The molecule has 0 aromatic heterocycles. The molecule has 1 amide bonds. The second-order valence-corrected chi connectivity index (χ2v) is 6.62. The van der Waals surface area contributed by atoms with E-state index in [4.69, 9.17) is 10.5 Å². The summed E-state index contributed by atoms with van der Waals surface area (Å²) in [5, 5.41) is 3.07. The van der Waals surface area contributed by atoms with Gasteiger partial charge in [-0.25, -0.2) is 0 Å². The highest BCUT2D eigenvalue weighted by Gasteiger charge is 2.32. The van der Waals surface area contributed by atoms with Crippen LogP contribution in [0.5, 0.6) is 0 Å². The van der Waals surface area contributed by atoms with Gasteiger partial charge in [0.15, 0.2) is 0 Å². The molecule has 2 aromatic rings. The standard InChI is InChI=1S/C22H30N2O2.ClH/c1-3-22(4-2,17-23)21(25)24-14-19-12-8-9-13-20(19)16-26-15-18-10-6-5-7-11-18;/h5-13H,3-4,14-17,23H2,1-2H3,(H,24,25);1H. The van der Waals surface area contributed by atoms with Crippen molar-refractivity contribution >= 4 is 18.3 Å². The molecule has 0 unspecified atom stereocenters. The molecule has 0 atom stereocenters. The van der Waals surface area contributed by atoms with Gasteiger partial charge in [-0.3, -0.25) is 4.79 Å². The summed E-state index contributed by atoms with van der Waals surface area (Å²) in [6.07, 6.45) is 1.49. The third-order valence-corrected chi connectivity index (χ3v) is 5.15. The molecule has 0 fully saturated rings. The number of nitrogens with one attached hydrogen (secondary N) is 1. The predicted molar refractivity (Wildman–Crippen MR) is 113 cm³/mol. The van der Waals surface area contributed by atoms with Crippen molar-refractivity contribution in [3.05, 3.63) is 71.3 Å². The van der Waals surface area contributed by atoms with Crippen LogP contribution < -0.4 is 11.1 Å². The molecule has 2 aromatic carbocycles. The van der Waals surface area contributed by atoms with Crippen LogP contribution in [-0.4, -0.2) is 12.5 Å². The molecule has 148 valence electrons. The minimum absolute atomic E-state index is 0. The lowest BCUT2D eigenvalue weighted by atomic mass is 9.81. The van der Waals surface area contributed by atoms with Crippen molar-refractivity contribution in [2.75, 3.05) is 6.54 Å². The van der Waals surface area contributed by atoms with Gasteiger partial charge in [0.25, 0.3) is 0 Å². The molecule has 0 saturated carbocycles. The zero-order chi connectivity index (χ0) is 18.8. The Balaban J connectivity index is 0.00000364. The Hall–Kier alpha value is -1.88. The molecule has 27 heavy (non-hydrogen) atoms. The summed E-state index contributed by atoms with van der Waals surface area (Å²) in [6, 6.07) is 18.2. The second kappa shape index (κ2) is 11.8. The Labute approximate surface area is 168 Å². The zero-order valence-corrected chi connectivity index (χ0v) is 17.1. The highest BCUT2D eigenvalue weighted by atomic mass is 35.5. The monoisotopic (exact) mass is 390 g/mol. The Kier molecular flexibility index (Phi) is 10.1. The molecule has 0 bridgehead atoms. The maximum Gasteiger partial charge on any atom is 0.227 e. The van der Waals surface area contributed by atoms with Gasteiger partial charge in [0.05, 0.1) is 18.6 Å². The molecule has 0 spiro atoms. The fourth-order valence-corrected chi connectivity index (χ4v) is 3.04. The summed E-state index contributed by atoms with van der Waals surface area (Å²) < 4.78 is 5.85. The SMILES string of the molecule is CCC(CC)(CN)C(=O)NCc1ccccc1COCc1ccccc1.Cl. The number of hydrogen-bond acceptors (Lipinski definition) is 3. The van der Waals surface area contributed by atoms with E-state index in [9.17, 15) is 4.79 Å². The van der Waals surface area contributed by atoms with Crippen LogP contribution in [0.2, 0.25) is 0 Å². The number of rotatable bonds is 10. The largest absolute Gasteiger partial charge is 0.372 e. The molecule has 2 rings (SSSR count). The number of carbonyl (C=O) groups is 1. The van der Waals surface area contributed by atoms with Crippen molar-refractivity contribution in [3.8, 4) is 0 Å². The van der Waals surface area contributed by atoms with E-state index in [1.54, 1.807) is 0 Å². The van der Waals surface area contributed by atoms with E-state index in [0.717, 1.165) is 29.5 Å². The number of benzene rings is 2. The van der Waals surface area contributed by atoms with Gasteiger partial charge in [0, 0.05) is 13.1 Å². The van der Waals surface area contributed by atoms with Crippen LogP contribution >= 0.6 is 12.4 Å². The van der Waals surface area contributed by atoms with Gasteiger partial charge in [-0.05, 0) is 29.5 Å². The summed E-state index contributed by atoms with van der Waals surface area (Å²) >= 11 is 0. The van der Waals surface area contributed by atoms with Crippen molar-refractivity contribution < 1.29 is 9.53 Å². The first-order valence-electron chi connectivity index (χ1n) is 9.32. The number of halogens is 1. The Morgan fingerprint density at radius 1 is 0.963 bits per heavy atom. The van der Waals surface area contributed by atoms with Gasteiger partial charge >= 0.3 is 0 Å². The molecule has 3 N–H and O–H groups in total. The Morgan fingerprint density at radius 2 is 1.56 bits per heavy atom. The number of nitrogens with two attached hydrogens (primary N) is 1. The van der Waals surface area contributed by atoms with E-state index < -0.39 is 5.41 Å². The van der Waals surface area contributed by atoms with E-state index in [1.807, 2.05) is 68.4 Å². The molecule has 5 heteroatoms. The van der Waals surface area contributed by atoms with Crippen molar-refractivity contribution in [1.82, 2.24) is 5.32 Å². The summed E-state index contributed by atoms with van der Waals surface area (Å²) in [7, 11) is 0. The van der Waals surface area contributed by atoms with E-state index >= 15 is 0 Å². The van der Waals surface area contributed by atoms with Crippen LogP contribution in [0, 0.1) is 5.41 Å². The van der Waals surface area contributed by atoms with Crippen LogP contribution in [0.25, 0.3) is 0 Å². The maximum absolute atomic E-state index is 12.6. The van der Waals surface area contributed by atoms with Gasteiger partial charge in [-0.15, -0.1) is 12.4 Å². The van der Waals surface area contributed by atoms with Crippen LogP contribution in [0.15, 0.2) is 54.6 Å². The maximum atomic E-state index is 12.6. The average Bonchev–Trinajstić information content (AvgIpc) is 2.70. The fourth-order valence-electron chi connectivity index (χ4n) is 3.04. The Bertz CT molecular complexity index is 679. The minimum atomic E-state index is -0.473. The number of amides is 1.